The molecular formula is C15H21NO4S. The van der Waals surface area contributed by atoms with Gasteiger partial charge in [0.25, 0.3) is 0 Å². The smallest absolute Gasteiger partial charge is 0.408 e. The Balaban J connectivity index is 2.84. The van der Waals surface area contributed by atoms with Crippen molar-refractivity contribution in [3.63, 3.8) is 0 Å². The molecule has 1 aromatic rings. The number of nitrogens with one attached hydrogen (secondary N) is 1. The molecule has 0 unspecified atom stereocenters. The molecule has 0 radical (unpaired) electrons. The molecule has 5 nitrogen and oxygen atoms in total. The molecule has 1 atom stereocenters. The van der Waals surface area contributed by atoms with Crippen molar-refractivity contribution in [1.29, 1.82) is 0 Å². The van der Waals surface area contributed by atoms with Crippen LogP contribution in [0, 0.1) is 0 Å². The van der Waals surface area contributed by atoms with E-state index in [1.54, 1.807) is 32.5 Å². The summed E-state index contributed by atoms with van der Waals surface area (Å²) in [5.74, 6) is -0.981. The molecule has 0 aromatic heterocycles. The fourth-order valence-corrected chi connectivity index (χ4v) is 2.12. The fraction of sp³-hybridized carbons (Fsp3) is 0.467. The van der Waals surface area contributed by atoms with Crippen LogP contribution in [0.3, 0.4) is 0 Å². The predicted octanol–water partition coefficient (Wildman–Crippen LogP) is 3.45. The van der Waals surface area contributed by atoms with Crippen LogP contribution in [0.5, 0.6) is 0 Å². The largest absolute Gasteiger partial charge is 0.481 e. The first-order chi connectivity index (χ1) is 9.71. The van der Waals surface area contributed by atoms with Crippen LogP contribution >= 0.6 is 11.8 Å². The molecule has 0 spiro atoms. The zero-order chi connectivity index (χ0) is 16.0. The topological polar surface area (TPSA) is 75.6 Å². The maximum atomic E-state index is 11.8. The molecular weight excluding hydrogens is 290 g/mol. The average molecular weight is 311 g/mol. The summed E-state index contributed by atoms with van der Waals surface area (Å²) in [5.41, 5.74) is 0.113. The van der Waals surface area contributed by atoms with Gasteiger partial charge in [-0.1, -0.05) is 12.1 Å². The number of carbonyl (C=O) groups is 2. The maximum Gasteiger partial charge on any atom is 0.408 e. The van der Waals surface area contributed by atoms with Crippen LogP contribution in [0.25, 0.3) is 0 Å². The van der Waals surface area contributed by atoms with Crippen molar-refractivity contribution in [1.82, 2.24) is 5.32 Å². The summed E-state index contributed by atoms with van der Waals surface area (Å²) in [4.78, 5) is 23.9. The van der Waals surface area contributed by atoms with Gasteiger partial charge in [-0.05, 0) is 44.7 Å². The Morgan fingerprint density at radius 3 is 2.29 bits per heavy atom. The van der Waals surface area contributed by atoms with Gasteiger partial charge >= 0.3 is 12.1 Å². The normalized spacial score (nSPS) is 12.6. The second kappa shape index (κ2) is 7.36. The van der Waals surface area contributed by atoms with Crippen molar-refractivity contribution in [2.75, 3.05) is 6.26 Å². The predicted molar refractivity (Wildman–Crippen MR) is 82.6 cm³/mol. The lowest BCUT2D eigenvalue weighted by atomic mass is 10.0. The lowest BCUT2D eigenvalue weighted by molar-refractivity contribution is -0.137. The number of carbonyl (C=O) groups excluding carboxylic acids is 1. The summed E-state index contributed by atoms with van der Waals surface area (Å²) in [7, 11) is 0. The van der Waals surface area contributed by atoms with E-state index in [-0.39, 0.29) is 6.42 Å². The van der Waals surface area contributed by atoms with E-state index in [9.17, 15) is 9.59 Å². The van der Waals surface area contributed by atoms with Gasteiger partial charge in [0.1, 0.15) is 5.60 Å². The summed E-state index contributed by atoms with van der Waals surface area (Å²) in [6.07, 6.45) is 1.14. The number of amides is 1. The third kappa shape index (κ3) is 6.53. The number of carboxylic acids is 1. The Kier molecular flexibility index (Phi) is 6.08. The lowest BCUT2D eigenvalue weighted by Gasteiger charge is -2.23. The summed E-state index contributed by atoms with van der Waals surface area (Å²) in [6.45, 7) is 5.27. The Hall–Kier alpha value is -1.69. The van der Waals surface area contributed by atoms with E-state index in [4.69, 9.17) is 9.84 Å². The molecule has 21 heavy (non-hydrogen) atoms. The standard InChI is InChI=1S/C15H21NO4S/c1-15(2,3)20-14(19)16-12(9-13(17)18)10-5-7-11(21-4)8-6-10/h5-8,12H,9H2,1-4H3,(H,16,19)(H,17,18)/t12-/m0/s1. The summed E-state index contributed by atoms with van der Waals surface area (Å²) in [5, 5.41) is 11.6. The van der Waals surface area contributed by atoms with Gasteiger partial charge in [-0.2, -0.15) is 0 Å². The highest BCUT2D eigenvalue weighted by atomic mass is 32.2. The minimum atomic E-state index is -0.981. The van der Waals surface area contributed by atoms with Gasteiger partial charge in [0.2, 0.25) is 0 Å². The van der Waals surface area contributed by atoms with E-state index in [2.05, 4.69) is 5.32 Å². The van der Waals surface area contributed by atoms with Crippen LogP contribution in [-0.4, -0.2) is 29.0 Å². The quantitative estimate of drug-likeness (QED) is 0.815. The van der Waals surface area contributed by atoms with Gasteiger partial charge in [-0.15, -0.1) is 11.8 Å². The van der Waals surface area contributed by atoms with E-state index in [1.165, 1.54) is 0 Å². The lowest BCUT2D eigenvalue weighted by Crippen LogP contribution is -2.35. The van der Waals surface area contributed by atoms with Crippen molar-refractivity contribution >= 4 is 23.8 Å². The molecule has 0 bridgehead atoms. The maximum absolute atomic E-state index is 11.8. The van der Waals surface area contributed by atoms with E-state index < -0.39 is 23.7 Å². The first kappa shape index (κ1) is 17.4. The number of carboxylic acid groups (broad SMARTS) is 1. The Labute approximate surface area is 129 Å². The highest BCUT2D eigenvalue weighted by Gasteiger charge is 2.22. The van der Waals surface area contributed by atoms with Gasteiger partial charge in [0, 0.05) is 4.90 Å². The monoisotopic (exact) mass is 311 g/mol. The van der Waals surface area contributed by atoms with Crippen LogP contribution in [0.15, 0.2) is 29.2 Å². The van der Waals surface area contributed by atoms with E-state index in [0.29, 0.717) is 0 Å². The van der Waals surface area contributed by atoms with Gasteiger partial charge < -0.3 is 15.2 Å². The molecule has 0 aliphatic heterocycles. The van der Waals surface area contributed by atoms with Crippen molar-refractivity contribution in [3.05, 3.63) is 29.8 Å². The molecule has 0 saturated heterocycles. The number of hydrogen-bond donors (Lipinski definition) is 2. The van der Waals surface area contributed by atoms with Crippen LogP contribution < -0.4 is 5.32 Å². The Bertz CT molecular complexity index is 493. The fourth-order valence-electron chi connectivity index (χ4n) is 1.71. The molecule has 1 rings (SSSR count). The van der Waals surface area contributed by atoms with Gasteiger partial charge in [-0.3, -0.25) is 4.79 Å². The molecule has 6 heteroatoms. The number of thioether (sulfide) groups is 1. The Morgan fingerprint density at radius 2 is 1.86 bits per heavy atom. The van der Waals surface area contributed by atoms with Crippen LogP contribution in [0.1, 0.15) is 38.8 Å². The first-order valence-electron chi connectivity index (χ1n) is 6.56. The van der Waals surface area contributed by atoms with Gasteiger partial charge in [-0.25, -0.2) is 4.79 Å². The van der Waals surface area contributed by atoms with Gasteiger partial charge in [0.15, 0.2) is 0 Å². The number of aliphatic carboxylic acids is 1. The summed E-state index contributed by atoms with van der Waals surface area (Å²) in [6, 6.07) is 6.80. The second-order valence-electron chi connectivity index (χ2n) is 5.57. The number of benzene rings is 1. The van der Waals surface area contributed by atoms with E-state index in [0.717, 1.165) is 10.5 Å². The third-order valence-electron chi connectivity index (χ3n) is 2.59. The number of hydrogen-bond acceptors (Lipinski definition) is 4. The SMILES string of the molecule is CSc1ccc([C@H](CC(=O)O)NC(=O)OC(C)(C)C)cc1. The zero-order valence-electron chi connectivity index (χ0n) is 12.7. The van der Waals surface area contributed by atoms with Crippen molar-refractivity contribution in [3.8, 4) is 0 Å². The summed E-state index contributed by atoms with van der Waals surface area (Å²) < 4.78 is 5.17. The number of ether oxygens (including phenoxy) is 1. The molecule has 2 N–H and O–H groups in total. The third-order valence-corrected chi connectivity index (χ3v) is 3.33. The first-order valence-corrected chi connectivity index (χ1v) is 7.79. The minimum Gasteiger partial charge on any atom is -0.481 e. The molecule has 0 saturated carbocycles. The second-order valence-corrected chi connectivity index (χ2v) is 6.45. The molecule has 116 valence electrons. The van der Waals surface area contributed by atoms with Gasteiger partial charge in [0.05, 0.1) is 12.5 Å². The zero-order valence-corrected chi connectivity index (χ0v) is 13.5. The molecule has 1 amide bonds. The highest BCUT2D eigenvalue weighted by molar-refractivity contribution is 7.98. The van der Waals surface area contributed by atoms with Crippen molar-refractivity contribution in [2.45, 2.75) is 43.7 Å². The number of rotatable bonds is 5. The van der Waals surface area contributed by atoms with Crippen LogP contribution in [0.4, 0.5) is 4.79 Å². The highest BCUT2D eigenvalue weighted by Crippen LogP contribution is 2.22. The summed E-state index contributed by atoms with van der Waals surface area (Å²) >= 11 is 1.60. The van der Waals surface area contributed by atoms with E-state index >= 15 is 0 Å². The molecule has 0 fully saturated rings. The number of alkyl carbamates (subject to hydrolysis) is 1. The molecule has 0 aliphatic carbocycles. The van der Waals surface area contributed by atoms with Crippen LogP contribution in [0.2, 0.25) is 0 Å². The van der Waals surface area contributed by atoms with Crippen molar-refractivity contribution in [2.24, 2.45) is 0 Å². The van der Waals surface area contributed by atoms with E-state index in [1.807, 2.05) is 30.5 Å². The Morgan fingerprint density at radius 1 is 1.29 bits per heavy atom. The molecule has 0 heterocycles. The minimum absolute atomic E-state index is 0.197. The van der Waals surface area contributed by atoms with Crippen molar-refractivity contribution < 1.29 is 19.4 Å². The molecule has 0 aliphatic rings. The van der Waals surface area contributed by atoms with Crippen LogP contribution in [-0.2, 0) is 9.53 Å². The average Bonchev–Trinajstić information content (AvgIpc) is 2.35. The molecule has 1 aromatic carbocycles.